The van der Waals surface area contributed by atoms with E-state index in [1.165, 1.54) is 37.1 Å². The summed E-state index contributed by atoms with van der Waals surface area (Å²) in [4.78, 5) is 4.73. The Kier molecular flexibility index (Phi) is 4.21. The van der Waals surface area contributed by atoms with Gasteiger partial charge in [0.1, 0.15) is 5.01 Å². The highest BCUT2D eigenvalue weighted by Gasteiger charge is 2.37. The minimum absolute atomic E-state index is 0.0914. The van der Waals surface area contributed by atoms with Gasteiger partial charge in [-0.05, 0) is 39.2 Å². The summed E-state index contributed by atoms with van der Waals surface area (Å²) in [5, 5.41) is 7.16. The number of aromatic nitrogens is 1. The Balaban J connectivity index is 2.24. The highest BCUT2D eigenvalue weighted by Crippen LogP contribution is 2.40. The van der Waals surface area contributed by atoms with Gasteiger partial charge in [-0.2, -0.15) is 0 Å². The van der Waals surface area contributed by atoms with Crippen LogP contribution >= 0.6 is 11.3 Å². The lowest BCUT2D eigenvalue weighted by molar-refractivity contribution is 0.179. The number of rotatable bonds is 4. The highest BCUT2D eigenvalue weighted by atomic mass is 32.1. The number of nitrogens with zero attached hydrogens (tertiary/aromatic N) is 1. The van der Waals surface area contributed by atoms with Gasteiger partial charge in [-0.3, -0.25) is 0 Å². The zero-order valence-corrected chi connectivity index (χ0v) is 12.1. The average Bonchev–Trinajstić information content (AvgIpc) is 2.78. The van der Waals surface area contributed by atoms with Crippen LogP contribution in [0.2, 0.25) is 0 Å². The molecule has 0 bridgehead atoms. The molecule has 1 aliphatic rings. The number of aryl methyl sites for hydroxylation is 1. The summed E-state index contributed by atoms with van der Waals surface area (Å²) in [7, 11) is 0. The van der Waals surface area contributed by atoms with Gasteiger partial charge in [0.25, 0.3) is 0 Å². The normalized spacial score (nSPS) is 21.4. The lowest BCUT2D eigenvalue weighted by Crippen LogP contribution is -2.46. The molecule has 1 unspecified atom stereocenters. The third-order valence-electron chi connectivity index (χ3n) is 4.03. The van der Waals surface area contributed by atoms with Gasteiger partial charge in [0, 0.05) is 11.1 Å². The van der Waals surface area contributed by atoms with Crippen LogP contribution in [0.1, 0.15) is 56.7 Å². The van der Waals surface area contributed by atoms with Crippen molar-refractivity contribution in [3.05, 3.63) is 16.1 Å². The second kappa shape index (κ2) is 5.49. The van der Waals surface area contributed by atoms with Gasteiger partial charge in [0.15, 0.2) is 0 Å². The van der Waals surface area contributed by atoms with Crippen molar-refractivity contribution in [1.82, 2.24) is 10.3 Å². The third-order valence-corrected chi connectivity index (χ3v) is 5.23. The van der Waals surface area contributed by atoms with Crippen LogP contribution in [0.4, 0.5) is 0 Å². The van der Waals surface area contributed by atoms with Gasteiger partial charge in [0.05, 0.1) is 5.54 Å². The molecule has 0 spiro atoms. The SMILES string of the molecule is CCNC(C)(c1nc(C)cs1)C1CCCCC1. The van der Waals surface area contributed by atoms with E-state index in [0.29, 0.717) is 0 Å². The molecule has 1 saturated carbocycles. The highest BCUT2D eigenvalue weighted by molar-refractivity contribution is 7.09. The van der Waals surface area contributed by atoms with E-state index >= 15 is 0 Å². The Morgan fingerprint density at radius 3 is 2.65 bits per heavy atom. The summed E-state index contributed by atoms with van der Waals surface area (Å²) in [6.07, 6.45) is 6.88. The smallest absolute Gasteiger partial charge is 0.113 e. The summed E-state index contributed by atoms with van der Waals surface area (Å²) in [5.74, 6) is 0.752. The van der Waals surface area contributed by atoms with Gasteiger partial charge in [-0.1, -0.05) is 26.2 Å². The molecule has 0 aliphatic heterocycles. The fourth-order valence-electron chi connectivity index (χ4n) is 3.03. The Labute approximate surface area is 109 Å². The van der Waals surface area contributed by atoms with Crippen LogP contribution in [0.3, 0.4) is 0 Å². The second-order valence-corrected chi connectivity index (χ2v) is 6.22. The topological polar surface area (TPSA) is 24.9 Å². The molecule has 96 valence electrons. The van der Waals surface area contributed by atoms with E-state index in [-0.39, 0.29) is 5.54 Å². The summed E-state index contributed by atoms with van der Waals surface area (Å²) < 4.78 is 0. The Morgan fingerprint density at radius 1 is 1.41 bits per heavy atom. The summed E-state index contributed by atoms with van der Waals surface area (Å²) in [6, 6.07) is 0. The predicted molar refractivity (Wildman–Crippen MR) is 74.5 cm³/mol. The molecule has 2 nitrogen and oxygen atoms in total. The van der Waals surface area contributed by atoms with E-state index < -0.39 is 0 Å². The molecule has 1 atom stereocenters. The van der Waals surface area contributed by atoms with Crippen LogP contribution in [-0.4, -0.2) is 11.5 Å². The molecule has 2 rings (SSSR count). The minimum atomic E-state index is 0.0914. The standard InChI is InChI=1S/C14H24N2S/c1-4-15-14(3,12-8-6-5-7-9-12)13-16-11(2)10-17-13/h10,12,15H,4-9H2,1-3H3. The summed E-state index contributed by atoms with van der Waals surface area (Å²) in [6.45, 7) is 7.66. The van der Waals surface area contributed by atoms with E-state index in [9.17, 15) is 0 Å². The largest absolute Gasteiger partial charge is 0.306 e. The molecule has 0 aromatic carbocycles. The first-order valence-corrected chi connectivity index (χ1v) is 7.72. The van der Waals surface area contributed by atoms with Crippen molar-refractivity contribution in [1.29, 1.82) is 0 Å². The molecule has 1 aliphatic carbocycles. The predicted octanol–water partition coefficient (Wildman–Crippen LogP) is 3.86. The first-order chi connectivity index (χ1) is 8.16. The van der Waals surface area contributed by atoms with Crippen molar-refractivity contribution in [2.75, 3.05) is 6.54 Å². The molecule has 0 amide bonds. The van der Waals surface area contributed by atoms with Crippen molar-refractivity contribution in [3.63, 3.8) is 0 Å². The maximum Gasteiger partial charge on any atom is 0.113 e. The number of nitrogens with one attached hydrogen (secondary N) is 1. The van der Waals surface area contributed by atoms with E-state index in [0.717, 1.165) is 18.2 Å². The van der Waals surface area contributed by atoms with Gasteiger partial charge in [0.2, 0.25) is 0 Å². The maximum atomic E-state index is 4.73. The molecule has 1 aromatic rings. The fraction of sp³-hybridized carbons (Fsp3) is 0.786. The first kappa shape index (κ1) is 13.0. The lowest BCUT2D eigenvalue weighted by atomic mass is 9.76. The monoisotopic (exact) mass is 252 g/mol. The molecule has 1 heterocycles. The second-order valence-electron chi connectivity index (χ2n) is 5.36. The Bertz CT molecular complexity index is 355. The molecule has 1 N–H and O–H groups in total. The van der Waals surface area contributed by atoms with Crippen molar-refractivity contribution >= 4 is 11.3 Å². The van der Waals surface area contributed by atoms with Crippen LogP contribution in [0.5, 0.6) is 0 Å². The lowest BCUT2D eigenvalue weighted by Gasteiger charge is -2.39. The van der Waals surface area contributed by atoms with E-state index in [1.54, 1.807) is 0 Å². The molecular formula is C14H24N2S. The maximum absolute atomic E-state index is 4.73. The molecule has 0 radical (unpaired) electrons. The van der Waals surface area contributed by atoms with Crippen molar-refractivity contribution < 1.29 is 0 Å². The van der Waals surface area contributed by atoms with Gasteiger partial charge in [-0.25, -0.2) is 4.98 Å². The number of hydrogen-bond acceptors (Lipinski definition) is 3. The molecule has 17 heavy (non-hydrogen) atoms. The van der Waals surface area contributed by atoms with Gasteiger partial charge in [-0.15, -0.1) is 11.3 Å². The van der Waals surface area contributed by atoms with E-state index in [1.807, 2.05) is 11.3 Å². The average molecular weight is 252 g/mol. The van der Waals surface area contributed by atoms with Gasteiger partial charge < -0.3 is 5.32 Å². The van der Waals surface area contributed by atoms with Crippen LogP contribution in [0.15, 0.2) is 5.38 Å². The molecule has 3 heteroatoms. The van der Waals surface area contributed by atoms with Crippen LogP contribution < -0.4 is 5.32 Å². The van der Waals surface area contributed by atoms with E-state index in [2.05, 4.69) is 31.5 Å². The molecule has 0 saturated heterocycles. The third kappa shape index (κ3) is 2.71. The number of thiazole rings is 1. The molecule has 1 aromatic heterocycles. The first-order valence-electron chi connectivity index (χ1n) is 6.84. The summed E-state index contributed by atoms with van der Waals surface area (Å²) >= 11 is 1.82. The quantitative estimate of drug-likeness (QED) is 0.880. The minimum Gasteiger partial charge on any atom is -0.306 e. The van der Waals surface area contributed by atoms with E-state index in [4.69, 9.17) is 4.98 Å². The number of hydrogen-bond donors (Lipinski definition) is 1. The summed E-state index contributed by atoms with van der Waals surface area (Å²) in [5.41, 5.74) is 1.25. The van der Waals surface area contributed by atoms with Crippen molar-refractivity contribution in [2.45, 2.75) is 58.4 Å². The Hall–Kier alpha value is -0.410. The fourth-order valence-corrected chi connectivity index (χ4v) is 4.05. The van der Waals surface area contributed by atoms with Crippen LogP contribution in [-0.2, 0) is 5.54 Å². The van der Waals surface area contributed by atoms with Gasteiger partial charge >= 0.3 is 0 Å². The zero-order valence-electron chi connectivity index (χ0n) is 11.3. The molecular weight excluding hydrogens is 228 g/mol. The van der Waals surface area contributed by atoms with Crippen molar-refractivity contribution in [2.24, 2.45) is 5.92 Å². The zero-order chi connectivity index (χ0) is 12.3. The van der Waals surface area contributed by atoms with Crippen molar-refractivity contribution in [3.8, 4) is 0 Å². The Morgan fingerprint density at radius 2 is 2.12 bits per heavy atom. The van der Waals surface area contributed by atoms with Crippen LogP contribution in [0, 0.1) is 12.8 Å². The molecule has 1 fully saturated rings. The van der Waals surface area contributed by atoms with Crippen LogP contribution in [0.25, 0.3) is 0 Å².